The third kappa shape index (κ3) is 5.08. The summed E-state index contributed by atoms with van der Waals surface area (Å²) in [4.78, 5) is 14.1. The van der Waals surface area contributed by atoms with Crippen molar-refractivity contribution in [2.24, 2.45) is 0 Å². The lowest BCUT2D eigenvalue weighted by Crippen LogP contribution is -2.36. The molecule has 0 bridgehead atoms. The number of rotatable bonds is 5. The van der Waals surface area contributed by atoms with Gasteiger partial charge < -0.3 is 9.84 Å². The van der Waals surface area contributed by atoms with Gasteiger partial charge in [-0.2, -0.15) is 13.2 Å². The Hall–Kier alpha value is -2.38. The van der Waals surface area contributed by atoms with Crippen molar-refractivity contribution >= 4 is 5.97 Å². The first-order chi connectivity index (χ1) is 12.8. The normalized spacial score (nSPS) is 20.6. The predicted molar refractivity (Wildman–Crippen MR) is 92.5 cm³/mol. The topological polar surface area (TPSA) is 49.8 Å². The molecule has 144 valence electrons. The molecule has 4 nitrogen and oxygen atoms in total. The third-order valence-electron chi connectivity index (χ3n) is 4.52. The molecule has 27 heavy (non-hydrogen) atoms. The van der Waals surface area contributed by atoms with Gasteiger partial charge in [0.1, 0.15) is 12.6 Å². The lowest BCUT2D eigenvalue weighted by Gasteiger charge is -2.23. The molecule has 2 aromatic rings. The first kappa shape index (κ1) is 19.4. The van der Waals surface area contributed by atoms with Gasteiger partial charge in [0.25, 0.3) is 0 Å². The molecule has 0 radical (unpaired) electrons. The first-order valence-corrected chi connectivity index (χ1v) is 8.62. The van der Waals surface area contributed by atoms with E-state index in [-0.39, 0.29) is 26.1 Å². The number of nitrogens with zero attached hydrogens (tertiary/aromatic N) is 1. The fourth-order valence-electron chi connectivity index (χ4n) is 3.20. The Labute approximate surface area is 155 Å². The molecule has 1 saturated heterocycles. The SMILES string of the molecule is O=C(OCc1ccccc1)C1CC(O)CN1Cc1cccc(C(F)(F)F)c1. The number of hydrogen-bond acceptors (Lipinski definition) is 4. The summed E-state index contributed by atoms with van der Waals surface area (Å²) in [7, 11) is 0. The van der Waals surface area contributed by atoms with Crippen LogP contribution in [0.25, 0.3) is 0 Å². The first-order valence-electron chi connectivity index (χ1n) is 8.62. The van der Waals surface area contributed by atoms with Crippen molar-refractivity contribution in [3.05, 3.63) is 71.3 Å². The van der Waals surface area contributed by atoms with Gasteiger partial charge in [-0.25, -0.2) is 0 Å². The number of β-amino-alcohol motifs (C(OH)–C–C–N with tert-alkyl or cyclic N) is 1. The number of benzene rings is 2. The molecule has 0 aromatic heterocycles. The van der Waals surface area contributed by atoms with Crippen LogP contribution >= 0.6 is 0 Å². The van der Waals surface area contributed by atoms with Crippen LogP contribution in [-0.4, -0.2) is 34.7 Å². The Bertz CT molecular complexity index is 780. The Morgan fingerprint density at radius 3 is 2.52 bits per heavy atom. The molecule has 0 saturated carbocycles. The van der Waals surface area contributed by atoms with E-state index in [1.807, 2.05) is 30.3 Å². The van der Waals surface area contributed by atoms with Crippen molar-refractivity contribution in [1.29, 1.82) is 0 Å². The average molecular weight is 379 g/mol. The van der Waals surface area contributed by atoms with Crippen molar-refractivity contribution in [1.82, 2.24) is 4.90 Å². The second-order valence-corrected chi connectivity index (χ2v) is 6.63. The van der Waals surface area contributed by atoms with E-state index in [1.165, 1.54) is 6.07 Å². The van der Waals surface area contributed by atoms with Crippen LogP contribution in [0.5, 0.6) is 0 Å². The maximum absolute atomic E-state index is 12.9. The summed E-state index contributed by atoms with van der Waals surface area (Å²) in [6.07, 6.45) is -4.94. The maximum Gasteiger partial charge on any atom is 0.416 e. The van der Waals surface area contributed by atoms with Gasteiger partial charge in [0.15, 0.2) is 0 Å². The van der Waals surface area contributed by atoms with Crippen molar-refractivity contribution in [3.63, 3.8) is 0 Å². The zero-order valence-electron chi connectivity index (χ0n) is 14.5. The van der Waals surface area contributed by atoms with Gasteiger partial charge in [-0.3, -0.25) is 9.69 Å². The van der Waals surface area contributed by atoms with Crippen LogP contribution in [0, 0.1) is 0 Å². The molecule has 2 aromatic carbocycles. The molecule has 1 N–H and O–H groups in total. The van der Waals surface area contributed by atoms with Crippen LogP contribution < -0.4 is 0 Å². The predicted octanol–water partition coefficient (Wildman–Crippen LogP) is 3.38. The minimum Gasteiger partial charge on any atom is -0.460 e. The molecular formula is C20H20F3NO3. The van der Waals surface area contributed by atoms with Crippen LogP contribution in [0.15, 0.2) is 54.6 Å². The molecule has 0 amide bonds. The Balaban J connectivity index is 1.66. The molecule has 7 heteroatoms. The highest BCUT2D eigenvalue weighted by molar-refractivity contribution is 5.76. The molecule has 2 unspecified atom stereocenters. The molecular weight excluding hydrogens is 359 g/mol. The number of ether oxygens (including phenoxy) is 1. The summed E-state index contributed by atoms with van der Waals surface area (Å²) < 4.78 is 44.0. The van der Waals surface area contributed by atoms with Gasteiger partial charge in [0.05, 0.1) is 11.7 Å². The summed E-state index contributed by atoms with van der Waals surface area (Å²) in [5.74, 6) is -0.484. The zero-order valence-corrected chi connectivity index (χ0v) is 14.5. The van der Waals surface area contributed by atoms with Crippen molar-refractivity contribution in [2.45, 2.75) is 37.9 Å². The fourth-order valence-corrected chi connectivity index (χ4v) is 3.20. The number of likely N-dealkylation sites (tertiary alicyclic amines) is 1. The molecule has 1 aliphatic rings. The highest BCUT2D eigenvalue weighted by Crippen LogP contribution is 2.30. The summed E-state index contributed by atoms with van der Waals surface area (Å²) in [5.41, 5.74) is 0.538. The summed E-state index contributed by atoms with van der Waals surface area (Å²) in [6, 6.07) is 13.5. The van der Waals surface area contributed by atoms with E-state index in [2.05, 4.69) is 0 Å². The van der Waals surface area contributed by atoms with Crippen LogP contribution in [0.4, 0.5) is 13.2 Å². The van der Waals surface area contributed by atoms with E-state index in [4.69, 9.17) is 4.74 Å². The minimum absolute atomic E-state index is 0.115. The lowest BCUT2D eigenvalue weighted by molar-refractivity contribution is -0.150. The van der Waals surface area contributed by atoms with Gasteiger partial charge in [0, 0.05) is 19.5 Å². The minimum atomic E-state index is -4.42. The molecule has 2 atom stereocenters. The molecule has 1 heterocycles. The second kappa shape index (κ2) is 8.10. The smallest absolute Gasteiger partial charge is 0.416 e. The van der Waals surface area contributed by atoms with Gasteiger partial charge in [0.2, 0.25) is 0 Å². The van der Waals surface area contributed by atoms with E-state index in [9.17, 15) is 23.1 Å². The third-order valence-corrected chi connectivity index (χ3v) is 4.52. The van der Waals surface area contributed by atoms with Crippen LogP contribution in [0.3, 0.4) is 0 Å². The summed E-state index contributed by atoms with van der Waals surface area (Å²) in [5, 5.41) is 9.94. The number of alkyl halides is 3. The van der Waals surface area contributed by atoms with Crippen LogP contribution in [0.1, 0.15) is 23.1 Å². The number of hydrogen-bond donors (Lipinski definition) is 1. The van der Waals surface area contributed by atoms with Crippen LogP contribution in [-0.2, 0) is 28.9 Å². The number of aliphatic hydroxyl groups excluding tert-OH is 1. The highest BCUT2D eigenvalue weighted by Gasteiger charge is 2.37. The van der Waals surface area contributed by atoms with Crippen molar-refractivity contribution in [2.75, 3.05) is 6.54 Å². The summed E-state index contributed by atoms with van der Waals surface area (Å²) >= 11 is 0. The van der Waals surface area contributed by atoms with E-state index in [1.54, 1.807) is 11.0 Å². The van der Waals surface area contributed by atoms with Gasteiger partial charge in [-0.15, -0.1) is 0 Å². The van der Waals surface area contributed by atoms with E-state index >= 15 is 0 Å². The number of carbonyl (C=O) groups excluding carboxylic acids is 1. The molecule has 1 aliphatic heterocycles. The maximum atomic E-state index is 12.9. The quantitative estimate of drug-likeness (QED) is 0.810. The number of aliphatic hydroxyl groups is 1. The molecule has 0 aliphatic carbocycles. The zero-order chi connectivity index (χ0) is 19.4. The Kier molecular flexibility index (Phi) is 5.82. The van der Waals surface area contributed by atoms with Gasteiger partial charge >= 0.3 is 12.1 Å². The molecule has 3 rings (SSSR count). The van der Waals surface area contributed by atoms with Gasteiger partial charge in [-0.1, -0.05) is 48.5 Å². The highest BCUT2D eigenvalue weighted by atomic mass is 19.4. The molecule has 0 spiro atoms. The van der Waals surface area contributed by atoms with Crippen LogP contribution in [0.2, 0.25) is 0 Å². The molecule has 1 fully saturated rings. The average Bonchev–Trinajstić information content (AvgIpc) is 3.00. The summed E-state index contributed by atoms with van der Waals surface area (Å²) in [6.45, 7) is 0.455. The fraction of sp³-hybridized carbons (Fsp3) is 0.350. The largest absolute Gasteiger partial charge is 0.460 e. The second-order valence-electron chi connectivity index (χ2n) is 6.63. The van der Waals surface area contributed by atoms with E-state index in [0.29, 0.717) is 5.56 Å². The number of halogens is 3. The Morgan fingerprint density at radius 2 is 1.81 bits per heavy atom. The van der Waals surface area contributed by atoms with E-state index in [0.717, 1.165) is 17.7 Å². The Morgan fingerprint density at radius 1 is 1.11 bits per heavy atom. The standard InChI is InChI=1S/C20H20F3NO3/c21-20(22,23)16-8-4-7-15(9-16)11-24-12-17(25)10-18(24)19(26)27-13-14-5-2-1-3-6-14/h1-9,17-18,25H,10-13H2. The number of esters is 1. The monoisotopic (exact) mass is 379 g/mol. The van der Waals surface area contributed by atoms with Gasteiger partial charge in [-0.05, 0) is 17.2 Å². The number of carbonyl (C=O) groups is 1. The van der Waals surface area contributed by atoms with Crippen molar-refractivity contribution in [3.8, 4) is 0 Å². The lowest BCUT2D eigenvalue weighted by atomic mass is 10.1. The van der Waals surface area contributed by atoms with Crippen molar-refractivity contribution < 1.29 is 27.8 Å². The van der Waals surface area contributed by atoms with E-state index < -0.39 is 29.9 Å².